The summed E-state index contributed by atoms with van der Waals surface area (Å²) in [6.45, 7) is 2.05. The first-order valence-electron chi connectivity index (χ1n) is 6.05. The zero-order chi connectivity index (χ0) is 13.0. The van der Waals surface area contributed by atoms with Gasteiger partial charge in [-0.3, -0.25) is 4.79 Å². The predicted molar refractivity (Wildman–Crippen MR) is 70.3 cm³/mol. The van der Waals surface area contributed by atoms with E-state index in [1.807, 2.05) is 18.2 Å². The molecule has 0 aromatic heterocycles. The van der Waals surface area contributed by atoms with Crippen LogP contribution in [0.25, 0.3) is 0 Å². The largest absolute Gasteiger partial charge is 0.294 e. The SMILES string of the molecule is CCc1cccc(C(=O)Cc2cccc(F)c2)c1. The number of aryl methyl sites for hydroxylation is 1. The molecule has 0 aliphatic rings. The van der Waals surface area contributed by atoms with Gasteiger partial charge >= 0.3 is 0 Å². The van der Waals surface area contributed by atoms with E-state index in [1.165, 1.54) is 12.1 Å². The summed E-state index contributed by atoms with van der Waals surface area (Å²) in [5.74, 6) is -0.279. The smallest absolute Gasteiger partial charge is 0.167 e. The number of hydrogen-bond acceptors (Lipinski definition) is 1. The lowest BCUT2D eigenvalue weighted by Gasteiger charge is -2.04. The Morgan fingerprint density at radius 3 is 2.50 bits per heavy atom. The lowest BCUT2D eigenvalue weighted by molar-refractivity contribution is 0.0993. The van der Waals surface area contributed by atoms with Gasteiger partial charge in [0.1, 0.15) is 5.82 Å². The molecule has 0 aliphatic carbocycles. The minimum absolute atomic E-state index is 0.0240. The number of Topliss-reactive ketones (excluding diaryl/α,β-unsaturated/α-hetero) is 1. The zero-order valence-electron chi connectivity index (χ0n) is 10.3. The van der Waals surface area contributed by atoms with E-state index in [0.29, 0.717) is 11.1 Å². The van der Waals surface area contributed by atoms with Crippen molar-refractivity contribution >= 4 is 5.78 Å². The molecule has 0 amide bonds. The quantitative estimate of drug-likeness (QED) is 0.745. The molecule has 0 bridgehead atoms. The Bertz CT molecular complexity index is 561. The van der Waals surface area contributed by atoms with Crippen molar-refractivity contribution in [2.75, 3.05) is 0 Å². The predicted octanol–water partition coefficient (Wildman–Crippen LogP) is 3.81. The molecule has 0 saturated carbocycles. The maximum atomic E-state index is 13.0. The van der Waals surface area contributed by atoms with Gasteiger partial charge in [-0.2, -0.15) is 0 Å². The molecule has 0 heterocycles. The molecular weight excluding hydrogens is 227 g/mol. The average Bonchev–Trinajstić information content (AvgIpc) is 2.39. The van der Waals surface area contributed by atoms with Crippen molar-refractivity contribution in [3.63, 3.8) is 0 Å². The number of rotatable bonds is 4. The third-order valence-electron chi connectivity index (χ3n) is 2.91. The summed E-state index contributed by atoms with van der Waals surface area (Å²) in [7, 11) is 0. The second-order valence-electron chi connectivity index (χ2n) is 4.28. The van der Waals surface area contributed by atoms with Crippen LogP contribution < -0.4 is 0 Å². The van der Waals surface area contributed by atoms with Gasteiger partial charge in [0.25, 0.3) is 0 Å². The second-order valence-corrected chi connectivity index (χ2v) is 4.28. The molecule has 92 valence electrons. The molecule has 0 unspecified atom stereocenters. The first kappa shape index (κ1) is 12.5. The lowest BCUT2D eigenvalue weighted by atomic mass is 10.0. The molecule has 0 atom stereocenters. The van der Waals surface area contributed by atoms with Crippen LogP contribution in [-0.2, 0) is 12.8 Å². The van der Waals surface area contributed by atoms with Crippen molar-refractivity contribution in [2.45, 2.75) is 19.8 Å². The van der Waals surface area contributed by atoms with Gasteiger partial charge in [-0.25, -0.2) is 4.39 Å². The highest BCUT2D eigenvalue weighted by Crippen LogP contribution is 2.11. The Balaban J connectivity index is 2.16. The Labute approximate surface area is 106 Å². The van der Waals surface area contributed by atoms with Gasteiger partial charge in [0.2, 0.25) is 0 Å². The van der Waals surface area contributed by atoms with E-state index in [1.54, 1.807) is 18.2 Å². The van der Waals surface area contributed by atoms with Crippen molar-refractivity contribution in [3.8, 4) is 0 Å². The van der Waals surface area contributed by atoms with Crippen LogP contribution >= 0.6 is 0 Å². The molecule has 0 spiro atoms. The summed E-state index contributed by atoms with van der Waals surface area (Å²) in [4.78, 5) is 12.1. The van der Waals surface area contributed by atoms with Gasteiger partial charge in [0.05, 0.1) is 0 Å². The molecule has 1 nitrogen and oxygen atoms in total. The van der Waals surface area contributed by atoms with Gasteiger partial charge in [-0.15, -0.1) is 0 Å². The van der Waals surface area contributed by atoms with Crippen LogP contribution in [0, 0.1) is 5.82 Å². The normalized spacial score (nSPS) is 10.3. The molecule has 0 N–H and O–H groups in total. The Hall–Kier alpha value is -1.96. The summed E-state index contributed by atoms with van der Waals surface area (Å²) < 4.78 is 13.0. The average molecular weight is 242 g/mol. The molecule has 18 heavy (non-hydrogen) atoms. The number of halogens is 1. The lowest BCUT2D eigenvalue weighted by Crippen LogP contribution is -2.04. The summed E-state index contributed by atoms with van der Waals surface area (Å²) in [5.41, 5.74) is 2.54. The second kappa shape index (κ2) is 5.58. The van der Waals surface area contributed by atoms with E-state index >= 15 is 0 Å². The van der Waals surface area contributed by atoms with Crippen molar-refractivity contribution in [1.82, 2.24) is 0 Å². The van der Waals surface area contributed by atoms with Crippen molar-refractivity contribution in [1.29, 1.82) is 0 Å². The first-order valence-corrected chi connectivity index (χ1v) is 6.05. The number of carbonyl (C=O) groups is 1. The van der Waals surface area contributed by atoms with Gasteiger partial charge in [0, 0.05) is 12.0 Å². The zero-order valence-corrected chi connectivity index (χ0v) is 10.3. The highest BCUT2D eigenvalue weighted by atomic mass is 19.1. The van der Waals surface area contributed by atoms with Crippen LogP contribution in [0.1, 0.15) is 28.4 Å². The van der Waals surface area contributed by atoms with E-state index in [0.717, 1.165) is 12.0 Å². The molecule has 2 rings (SSSR count). The Kier molecular flexibility index (Phi) is 3.88. The number of hydrogen-bond donors (Lipinski definition) is 0. The highest BCUT2D eigenvalue weighted by molar-refractivity contribution is 5.97. The number of benzene rings is 2. The van der Waals surface area contributed by atoms with Crippen molar-refractivity contribution in [3.05, 3.63) is 71.0 Å². The van der Waals surface area contributed by atoms with E-state index in [9.17, 15) is 9.18 Å². The minimum atomic E-state index is -0.303. The Morgan fingerprint density at radius 2 is 1.78 bits per heavy atom. The van der Waals surface area contributed by atoms with Gasteiger partial charge in [-0.05, 0) is 35.7 Å². The van der Waals surface area contributed by atoms with Gasteiger partial charge in [-0.1, -0.05) is 37.3 Å². The monoisotopic (exact) mass is 242 g/mol. The first-order chi connectivity index (χ1) is 8.69. The molecule has 0 fully saturated rings. The van der Waals surface area contributed by atoms with Crippen molar-refractivity contribution in [2.24, 2.45) is 0 Å². The summed E-state index contributed by atoms with van der Waals surface area (Å²) in [6, 6.07) is 13.8. The number of carbonyl (C=O) groups excluding carboxylic acids is 1. The maximum Gasteiger partial charge on any atom is 0.167 e. The number of ketones is 1. The topological polar surface area (TPSA) is 17.1 Å². The van der Waals surface area contributed by atoms with Crippen LogP contribution in [0.3, 0.4) is 0 Å². The van der Waals surface area contributed by atoms with E-state index in [2.05, 4.69) is 6.92 Å². The van der Waals surface area contributed by atoms with E-state index < -0.39 is 0 Å². The fourth-order valence-electron chi connectivity index (χ4n) is 1.90. The molecule has 0 radical (unpaired) electrons. The van der Waals surface area contributed by atoms with Gasteiger partial charge in [0.15, 0.2) is 5.78 Å². The van der Waals surface area contributed by atoms with Crippen LogP contribution in [0.15, 0.2) is 48.5 Å². The molecular formula is C16H15FO. The minimum Gasteiger partial charge on any atom is -0.294 e. The van der Waals surface area contributed by atoms with Gasteiger partial charge < -0.3 is 0 Å². The third kappa shape index (κ3) is 3.04. The Morgan fingerprint density at radius 1 is 1.06 bits per heavy atom. The summed E-state index contributed by atoms with van der Waals surface area (Å²) >= 11 is 0. The molecule has 2 aromatic rings. The fourth-order valence-corrected chi connectivity index (χ4v) is 1.90. The van der Waals surface area contributed by atoms with Crippen molar-refractivity contribution < 1.29 is 9.18 Å². The van der Waals surface area contributed by atoms with Crippen LogP contribution in [0.5, 0.6) is 0 Å². The van der Waals surface area contributed by atoms with Crippen LogP contribution in [0.4, 0.5) is 4.39 Å². The molecule has 0 saturated heterocycles. The molecule has 2 aromatic carbocycles. The summed E-state index contributed by atoms with van der Waals surface area (Å²) in [6.07, 6.45) is 1.14. The van der Waals surface area contributed by atoms with Crippen LogP contribution in [0.2, 0.25) is 0 Å². The third-order valence-corrected chi connectivity index (χ3v) is 2.91. The van der Waals surface area contributed by atoms with E-state index in [-0.39, 0.29) is 18.0 Å². The maximum absolute atomic E-state index is 13.0. The van der Waals surface area contributed by atoms with Crippen LogP contribution in [-0.4, -0.2) is 5.78 Å². The fraction of sp³-hybridized carbons (Fsp3) is 0.188. The molecule has 0 aliphatic heterocycles. The standard InChI is InChI=1S/C16H15FO/c1-2-12-5-3-7-14(9-12)16(18)11-13-6-4-8-15(17)10-13/h3-10H,2,11H2,1H3. The molecule has 2 heteroatoms. The van der Waals surface area contributed by atoms with E-state index in [4.69, 9.17) is 0 Å². The summed E-state index contributed by atoms with van der Waals surface area (Å²) in [5, 5.41) is 0. The highest BCUT2D eigenvalue weighted by Gasteiger charge is 2.07.